The van der Waals surface area contributed by atoms with Crippen LogP contribution in [0, 0.1) is 0 Å². The van der Waals surface area contributed by atoms with Gasteiger partial charge >= 0.3 is 0 Å². The van der Waals surface area contributed by atoms with E-state index in [0.29, 0.717) is 19.7 Å². The van der Waals surface area contributed by atoms with Crippen LogP contribution in [0.5, 0.6) is 0 Å². The van der Waals surface area contributed by atoms with Crippen LogP contribution in [0.15, 0.2) is 41.2 Å². The number of rotatable bonds is 7. The van der Waals surface area contributed by atoms with Gasteiger partial charge in [-0.05, 0) is 23.6 Å². The fourth-order valence-electron chi connectivity index (χ4n) is 2.23. The molecule has 1 aromatic heterocycles. The van der Waals surface area contributed by atoms with Gasteiger partial charge in [-0.25, -0.2) is 4.68 Å². The first-order valence-electron chi connectivity index (χ1n) is 7.57. The van der Waals surface area contributed by atoms with E-state index in [9.17, 15) is 9.59 Å². The fourth-order valence-corrected chi connectivity index (χ4v) is 2.23. The molecule has 0 saturated heterocycles. The maximum absolute atomic E-state index is 12.2. The van der Waals surface area contributed by atoms with Gasteiger partial charge in [0, 0.05) is 26.3 Å². The summed E-state index contributed by atoms with van der Waals surface area (Å²) in [6.45, 7) is 3.32. The number of carbonyl (C=O) groups is 1. The zero-order valence-electron chi connectivity index (χ0n) is 13.4. The van der Waals surface area contributed by atoms with Gasteiger partial charge in [0.15, 0.2) is 0 Å². The number of carbonyl (C=O) groups excluding carboxylic acids is 1. The highest BCUT2D eigenvalue weighted by Gasteiger charge is 2.10. The minimum Gasteiger partial charge on any atom is -0.380 e. The van der Waals surface area contributed by atoms with Gasteiger partial charge in [0.25, 0.3) is 11.5 Å². The van der Waals surface area contributed by atoms with Crippen LogP contribution in [0.2, 0.25) is 0 Å². The molecule has 6 nitrogen and oxygen atoms in total. The highest BCUT2D eigenvalue weighted by Crippen LogP contribution is 2.09. The Balaban J connectivity index is 2.08. The van der Waals surface area contributed by atoms with Crippen LogP contribution < -0.4 is 10.9 Å². The van der Waals surface area contributed by atoms with Gasteiger partial charge in [-0.3, -0.25) is 9.59 Å². The number of amides is 1. The van der Waals surface area contributed by atoms with Crippen LogP contribution in [0.4, 0.5) is 0 Å². The SMILES string of the molecule is CCCn1nc(C(=O)NCc2ccccc2COC)ccc1=O. The van der Waals surface area contributed by atoms with Gasteiger partial charge in [-0.15, -0.1) is 0 Å². The Morgan fingerprint density at radius 1 is 1.22 bits per heavy atom. The summed E-state index contributed by atoms with van der Waals surface area (Å²) in [5.41, 5.74) is 2.06. The summed E-state index contributed by atoms with van der Waals surface area (Å²) in [7, 11) is 1.64. The number of nitrogens with one attached hydrogen (secondary N) is 1. The Bertz CT molecular complexity index is 725. The number of nitrogens with zero attached hydrogens (tertiary/aromatic N) is 2. The minimum absolute atomic E-state index is 0.200. The van der Waals surface area contributed by atoms with Crippen molar-refractivity contribution in [2.45, 2.75) is 33.0 Å². The molecule has 0 aliphatic heterocycles. The van der Waals surface area contributed by atoms with E-state index in [1.165, 1.54) is 16.8 Å². The van der Waals surface area contributed by atoms with Gasteiger partial charge < -0.3 is 10.1 Å². The summed E-state index contributed by atoms with van der Waals surface area (Å²) in [6.07, 6.45) is 0.780. The molecule has 0 atom stereocenters. The second-order valence-electron chi connectivity index (χ2n) is 5.16. The number of aryl methyl sites for hydroxylation is 1. The molecule has 23 heavy (non-hydrogen) atoms. The number of methoxy groups -OCH3 is 1. The van der Waals surface area contributed by atoms with E-state index in [2.05, 4.69) is 10.4 Å². The maximum Gasteiger partial charge on any atom is 0.271 e. The zero-order chi connectivity index (χ0) is 16.7. The molecule has 122 valence electrons. The van der Waals surface area contributed by atoms with Gasteiger partial charge in [-0.2, -0.15) is 5.10 Å². The first-order chi connectivity index (χ1) is 11.2. The van der Waals surface area contributed by atoms with Crippen LogP contribution in [0.3, 0.4) is 0 Å². The van der Waals surface area contributed by atoms with E-state index in [4.69, 9.17) is 4.74 Å². The normalized spacial score (nSPS) is 10.5. The lowest BCUT2D eigenvalue weighted by Gasteiger charge is -2.10. The summed E-state index contributed by atoms with van der Waals surface area (Å²) in [5, 5.41) is 6.93. The summed E-state index contributed by atoms with van der Waals surface area (Å²) in [5.74, 6) is -0.304. The lowest BCUT2D eigenvalue weighted by Crippen LogP contribution is -2.29. The fraction of sp³-hybridized carbons (Fsp3) is 0.353. The Hall–Kier alpha value is -2.47. The molecular weight excluding hydrogens is 294 g/mol. The summed E-state index contributed by atoms with van der Waals surface area (Å²) in [4.78, 5) is 23.9. The molecule has 0 aliphatic rings. The number of aromatic nitrogens is 2. The third kappa shape index (κ3) is 4.50. The molecule has 1 aromatic carbocycles. The third-order valence-electron chi connectivity index (χ3n) is 3.39. The molecule has 0 radical (unpaired) electrons. The Labute approximate surface area is 135 Å². The van der Waals surface area contributed by atoms with Crippen molar-refractivity contribution in [3.63, 3.8) is 0 Å². The van der Waals surface area contributed by atoms with Crippen LogP contribution >= 0.6 is 0 Å². The van der Waals surface area contributed by atoms with Crippen molar-refractivity contribution in [3.05, 3.63) is 63.6 Å². The Kier molecular flexibility index (Phi) is 6.05. The van der Waals surface area contributed by atoms with E-state index >= 15 is 0 Å². The molecule has 0 fully saturated rings. The van der Waals surface area contributed by atoms with Gasteiger partial charge in [-0.1, -0.05) is 31.2 Å². The van der Waals surface area contributed by atoms with E-state index in [1.807, 2.05) is 31.2 Å². The molecule has 0 saturated carbocycles. The smallest absolute Gasteiger partial charge is 0.271 e. The summed E-state index contributed by atoms with van der Waals surface area (Å²) in [6, 6.07) is 10.6. The molecule has 0 aliphatic carbocycles. The lowest BCUT2D eigenvalue weighted by molar-refractivity contribution is 0.0942. The highest BCUT2D eigenvalue weighted by molar-refractivity contribution is 5.91. The lowest BCUT2D eigenvalue weighted by atomic mass is 10.1. The first-order valence-corrected chi connectivity index (χ1v) is 7.57. The predicted molar refractivity (Wildman–Crippen MR) is 87.1 cm³/mol. The topological polar surface area (TPSA) is 73.2 Å². The van der Waals surface area contributed by atoms with Crippen molar-refractivity contribution >= 4 is 5.91 Å². The molecule has 6 heteroatoms. The monoisotopic (exact) mass is 315 g/mol. The van der Waals surface area contributed by atoms with E-state index < -0.39 is 0 Å². The van der Waals surface area contributed by atoms with E-state index in [1.54, 1.807) is 7.11 Å². The van der Waals surface area contributed by atoms with Gasteiger partial charge in [0.1, 0.15) is 5.69 Å². The first kappa shape index (κ1) is 16.9. The van der Waals surface area contributed by atoms with E-state index in [0.717, 1.165) is 17.5 Å². The van der Waals surface area contributed by atoms with Crippen molar-refractivity contribution in [2.75, 3.05) is 7.11 Å². The van der Waals surface area contributed by atoms with Crippen molar-refractivity contribution < 1.29 is 9.53 Å². The van der Waals surface area contributed by atoms with Gasteiger partial charge in [0.2, 0.25) is 0 Å². The molecule has 1 heterocycles. The molecule has 1 amide bonds. The molecule has 0 unspecified atom stereocenters. The quantitative estimate of drug-likeness (QED) is 0.844. The molecule has 2 rings (SSSR count). The van der Waals surface area contributed by atoms with Gasteiger partial charge in [0.05, 0.1) is 6.61 Å². The molecule has 2 aromatic rings. The van der Waals surface area contributed by atoms with Crippen LogP contribution in [-0.4, -0.2) is 22.8 Å². The average molecular weight is 315 g/mol. The summed E-state index contributed by atoms with van der Waals surface area (Å²) >= 11 is 0. The van der Waals surface area contributed by atoms with Crippen molar-refractivity contribution in [3.8, 4) is 0 Å². The number of hydrogen-bond donors (Lipinski definition) is 1. The van der Waals surface area contributed by atoms with Crippen molar-refractivity contribution in [2.24, 2.45) is 0 Å². The second kappa shape index (κ2) is 8.24. The number of hydrogen-bond acceptors (Lipinski definition) is 4. The van der Waals surface area contributed by atoms with Crippen molar-refractivity contribution in [1.29, 1.82) is 0 Å². The Morgan fingerprint density at radius 2 is 1.96 bits per heavy atom. The third-order valence-corrected chi connectivity index (χ3v) is 3.39. The molecular formula is C17H21N3O3. The molecule has 0 spiro atoms. The second-order valence-corrected chi connectivity index (χ2v) is 5.16. The number of benzene rings is 1. The van der Waals surface area contributed by atoms with Crippen molar-refractivity contribution in [1.82, 2.24) is 15.1 Å². The average Bonchev–Trinajstić information content (AvgIpc) is 2.56. The van der Waals surface area contributed by atoms with Crippen LogP contribution in [0.25, 0.3) is 0 Å². The summed E-state index contributed by atoms with van der Waals surface area (Å²) < 4.78 is 6.47. The minimum atomic E-state index is -0.304. The largest absolute Gasteiger partial charge is 0.380 e. The maximum atomic E-state index is 12.2. The predicted octanol–water partition coefficient (Wildman–Crippen LogP) is 1.73. The standard InChI is InChI=1S/C17H21N3O3/c1-3-10-20-16(21)9-8-15(19-20)17(22)18-11-13-6-4-5-7-14(13)12-23-2/h4-9H,3,10-12H2,1-2H3,(H,18,22). The highest BCUT2D eigenvalue weighted by atomic mass is 16.5. The Morgan fingerprint density at radius 3 is 2.65 bits per heavy atom. The molecule has 0 bridgehead atoms. The number of ether oxygens (including phenoxy) is 1. The van der Waals surface area contributed by atoms with Crippen LogP contribution in [0.1, 0.15) is 35.0 Å². The molecule has 1 N–H and O–H groups in total. The van der Waals surface area contributed by atoms with Crippen LogP contribution in [-0.2, 0) is 24.4 Å². The van der Waals surface area contributed by atoms with E-state index in [-0.39, 0.29) is 17.2 Å². The zero-order valence-corrected chi connectivity index (χ0v) is 13.4.